The number of aryl methyl sites for hydroxylation is 1. The maximum Gasteiger partial charge on any atom is 0.251 e. The molecular formula is C15H13N5S. The second-order valence-electron chi connectivity index (χ2n) is 4.34. The van der Waals surface area contributed by atoms with Crippen LogP contribution in [-0.4, -0.2) is 10.2 Å². The predicted octanol–water partition coefficient (Wildman–Crippen LogP) is 5.01. The first-order chi connectivity index (χ1) is 10.3. The second-order valence-corrected chi connectivity index (χ2v) is 5.50. The number of para-hydroxylation sites is 1. The molecule has 1 N–H and O–H groups in total. The van der Waals surface area contributed by atoms with Gasteiger partial charge in [0.25, 0.3) is 5.13 Å². The summed E-state index contributed by atoms with van der Waals surface area (Å²) in [4.78, 5) is 0. The molecule has 0 bridgehead atoms. The van der Waals surface area contributed by atoms with E-state index in [9.17, 15) is 0 Å². The summed E-state index contributed by atoms with van der Waals surface area (Å²) in [6.45, 7) is 1.89. The minimum Gasteiger partial charge on any atom is -0.356 e. The SMILES string of the molecule is Cc1nnc(N=Nc2ccc(Nc3ccccc3)cc2)s1. The summed E-state index contributed by atoms with van der Waals surface area (Å²) >= 11 is 1.42. The first-order valence-electron chi connectivity index (χ1n) is 6.43. The van der Waals surface area contributed by atoms with E-state index < -0.39 is 0 Å². The van der Waals surface area contributed by atoms with Crippen LogP contribution in [-0.2, 0) is 0 Å². The molecule has 3 rings (SSSR count). The Hall–Kier alpha value is -2.60. The third-order valence-electron chi connectivity index (χ3n) is 2.70. The highest BCUT2D eigenvalue weighted by Gasteiger charge is 1.98. The van der Waals surface area contributed by atoms with Crippen LogP contribution in [0.1, 0.15) is 5.01 Å². The molecule has 2 aromatic carbocycles. The Morgan fingerprint density at radius 3 is 2.24 bits per heavy atom. The Balaban J connectivity index is 1.68. The van der Waals surface area contributed by atoms with Crippen molar-refractivity contribution in [2.75, 3.05) is 5.32 Å². The van der Waals surface area contributed by atoms with E-state index in [4.69, 9.17) is 0 Å². The Morgan fingerprint density at radius 2 is 1.57 bits per heavy atom. The maximum absolute atomic E-state index is 4.14. The van der Waals surface area contributed by atoms with Gasteiger partial charge in [-0.1, -0.05) is 29.5 Å². The average Bonchev–Trinajstić information content (AvgIpc) is 2.93. The predicted molar refractivity (Wildman–Crippen MR) is 85.0 cm³/mol. The number of hydrogen-bond donors (Lipinski definition) is 1. The van der Waals surface area contributed by atoms with E-state index in [1.54, 1.807) is 0 Å². The minimum atomic E-state index is 0.569. The minimum absolute atomic E-state index is 0.569. The third-order valence-corrected chi connectivity index (χ3v) is 3.42. The van der Waals surface area contributed by atoms with E-state index in [0.29, 0.717) is 5.13 Å². The Labute approximate surface area is 126 Å². The molecule has 0 spiro atoms. The van der Waals surface area contributed by atoms with Crippen molar-refractivity contribution in [3.05, 3.63) is 59.6 Å². The van der Waals surface area contributed by atoms with E-state index in [1.165, 1.54) is 11.3 Å². The molecule has 0 saturated carbocycles. The van der Waals surface area contributed by atoms with Crippen LogP contribution in [0.25, 0.3) is 0 Å². The van der Waals surface area contributed by atoms with Crippen molar-refractivity contribution in [3.8, 4) is 0 Å². The molecule has 104 valence electrons. The van der Waals surface area contributed by atoms with Gasteiger partial charge < -0.3 is 5.32 Å². The zero-order valence-electron chi connectivity index (χ0n) is 11.4. The monoisotopic (exact) mass is 295 g/mol. The maximum atomic E-state index is 4.14. The van der Waals surface area contributed by atoms with E-state index >= 15 is 0 Å². The normalized spacial score (nSPS) is 10.9. The number of rotatable bonds is 4. The van der Waals surface area contributed by atoms with Gasteiger partial charge in [-0.05, 0) is 43.3 Å². The van der Waals surface area contributed by atoms with Gasteiger partial charge in [-0.3, -0.25) is 0 Å². The molecule has 0 aliphatic carbocycles. The molecule has 1 aromatic heterocycles. The van der Waals surface area contributed by atoms with Crippen molar-refractivity contribution in [1.82, 2.24) is 10.2 Å². The molecule has 0 aliphatic rings. The highest BCUT2D eigenvalue weighted by atomic mass is 32.1. The largest absolute Gasteiger partial charge is 0.356 e. The first-order valence-corrected chi connectivity index (χ1v) is 7.25. The molecule has 3 aromatic rings. The van der Waals surface area contributed by atoms with Gasteiger partial charge in [0.15, 0.2) is 0 Å². The Bertz CT molecular complexity index is 734. The number of nitrogens with one attached hydrogen (secondary N) is 1. The molecule has 0 amide bonds. The average molecular weight is 295 g/mol. The fraction of sp³-hybridized carbons (Fsp3) is 0.0667. The fourth-order valence-corrected chi connectivity index (χ4v) is 2.24. The molecule has 0 radical (unpaired) electrons. The van der Waals surface area contributed by atoms with Crippen LogP contribution in [0.3, 0.4) is 0 Å². The van der Waals surface area contributed by atoms with E-state index in [-0.39, 0.29) is 0 Å². The second kappa shape index (κ2) is 6.23. The van der Waals surface area contributed by atoms with Crippen LogP contribution in [0.2, 0.25) is 0 Å². The van der Waals surface area contributed by atoms with Gasteiger partial charge in [0.2, 0.25) is 0 Å². The first kappa shape index (κ1) is 13.4. The molecule has 5 nitrogen and oxygen atoms in total. The molecule has 21 heavy (non-hydrogen) atoms. The zero-order chi connectivity index (χ0) is 14.5. The lowest BCUT2D eigenvalue weighted by molar-refractivity contribution is 1.03. The lowest BCUT2D eigenvalue weighted by Crippen LogP contribution is -1.88. The Kier molecular flexibility index (Phi) is 3.97. The summed E-state index contributed by atoms with van der Waals surface area (Å²) in [5.74, 6) is 0. The van der Waals surface area contributed by atoms with Gasteiger partial charge in [0, 0.05) is 11.4 Å². The van der Waals surface area contributed by atoms with Gasteiger partial charge in [0.05, 0.1) is 5.69 Å². The van der Waals surface area contributed by atoms with Gasteiger partial charge in [-0.2, -0.15) is 0 Å². The van der Waals surface area contributed by atoms with Crippen LogP contribution < -0.4 is 5.32 Å². The van der Waals surface area contributed by atoms with Gasteiger partial charge in [-0.25, -0.2) is 0 Å². The number of anilines is 2. The van der Waals surface area contributed by atoms with Crippen molar-refractivity contribution in [2.45, 2.75) is 6.92 Å². The van der Waals surface area contributed by atoms with Gasteiger partial charge >= 0.3 is 0 Å². The van der Waals surface area contributed by atoms with E-state index in [0.717, 1.165) is 22.1 Å². The molecule has 0 atom stereocenters. The number of benzene rings is 2. The van der Waals surface area contributed by atoms with Crippen molar-refractivity contribution in [2.24, 2.45) is 10.2 Å². The molecule has 0 aliphatic heterocycles. The number of nitrogens with zero attached hydrogens (tertiary/aromatic N) is 4. The lowest BCUT2D eigenvalue weighted by atomic mass is 10.2. The van der Waals surface area contributed by atoms with Crippen molar-refractivity contribution < 1.29 is 0 Å². The topological polar surface area (TPSA) is 62.5 Å². The highest BCUT2D eigenvalue weighted by Crippen LogP contribution is 2.23. The molecular weight excluding hydrogens is 282 g/mol. The summed E-state index contributed by atoms with van der Waals surface area (Å²) in [6.07, 6.45) is 0. The van der Waals surface area contributed by atoms with Crippen LogP contribution in [0.15, 0.2) is 64.8 Å². The lowest BCUT2D eigenvalue weighted by Gasteiger charge is -2.05. The van der Waals surface area contributed by atoms with Crippen molar-refractivity contribution >= 4 is 33.5 Å². The summed E-state index contributed by atoms with van der Waals surface area (Å²) < 4.78 is 0. The summed E-state index contributed by atoms with van der Waals surface area (Å²) in [5, 5.41) is 20.8. The van der Waals surface area contributed by atoms with Crippen LogP contribution in [0.4, 0.5) is 22.2 Å². The number of azo groups is 1. The smallest absolute Gasteiger partial charge is 0.251 e. The highest BCUT2D eigenvalue weighted by molar-refractivity contribution is 7.14. The van der Waals surface area contributed by atoms with Crippen molar-refractivity contribution in [3.63, 3.8) is 0 Å². The van der Waals surface area contributed by atoms with Crippen LogP contribution >= 0.6 is 11.3 Å². The van der Waals surface area contributed by atoms with Crippen molar-refractivity contribution in [1.29, 1.82) is 0 Å². The third kappa shape index (κ3) is 3.70. The summed E-state index contributed by atoms with van der Waals surface area (Å²) in [5.41, 5.74) is 2.84. The van der Waals surface area contributed by atoms with E-state index in [2.05, 4.69) is 25.7 Å². The summed E-state index contributed by atoms with van der Waals surface area (Å²) in [7, 11) is 0. The quantitative estimate of drug-likeness (QED) is 0.688. The standard InChI is InChI=1S/C15H13N5S/c1-11-17-19-15(21-11)20-18-14-9-7-13(8-10-14)16-12-5-3-2-4-6-12/h2-10,16H,1H3. The molecule has 6 heteroatoms. The molecule has 0 fully saturated rings. The zero-order valence-corrected chi connectivity index (χ0v) is 12.2. The molecule has 1 heterocycles. The number of hydrogen-bond acceptors (Lipinski definition) is 6. The molecule has 0 saturated heterocycles. The Morgan fingerprint density at radius 1 is 0.857 bits per heavy atom. The summed E-state index contributed by atoms with van der Waals surface area (Å²) in [6, 6.07) is 17.8. The van der Waals surface area contributed by atoms with Crippen LogP contribution in [0.5, 0.6) is 0 Å². The fourth-order valence-electron chi connectivity index (χ4n) is 1.73. The van der Waals surface area contributed by atoms with Gasteiger partial charge in [-0.15, -0.1) is 20.4 Å². The number of aromatic nitrogens is 2. The van der Waals surface area contributed by atoms with E-state index in [1.807, 2.05) is 61.5 Å². The van der Waals surface area contributed by atoms with Gasteiger partial charge in [0.1, 0.15) is 5.01 Å². The molecule has 0 unspecified atom stereocenters. The van der Waals surface area contributed by atoms with Crippen LogP contribution in [0, 0.1) is 6.92 Å².